The van der Waals surface area contributed by atoms with Gasteiger partial charge in [-0.25, -0.2) is 0 Å². The zero-order valence-corrected chi connectivity index (χ0v) is 9.15. The normalized spacial score (nSPS) is 25.6. The summed E-state index contributed by atoms with van der Waals surface area (Å²) in [5.41, 5.74) is 5.21. The molecular weight excluding hydrogens is 216 g/mol. The highest BCUT2D eigenvalue weighted by atomic mass is 31.1. The Kier molecular flexibility index (Phi) is 5.85. The molecule has 1 saturated heterocycles. The molecule has 1 radical (unpaired) electrons. The van der Waals surface area contributed by atoms with Gasteiger partial charge in [0.15, 0.2) is 0 Å². The predicted octanol–water partition coefficient (Wildman–Crippen LogP) is -0.218. The summed E-state index contributed by atoms with van der Waals surface area (Å²) in [5, 5.41) is 0. The molecule has 0 spiro atoms. The highest BCUT2D eigenvalue weighted by Gasteiger charge is 2.28. The molecule has 0 saturated carbocycles. The van der Waals surface area contributed by atoms with Crippen LogP contribution in [0, 0.1) is 11.7 Å². The van der Waals surface area contributed by atoms with Gasteiger partial charge in [0.1, 0.15) is 6.61 Å². The van der Waals surface area contributed by atoms with Crippen molar-refractivity contribution in [1.82, 2.24) is 0 Å². The average Bonchev–Trinajstić information content (AvgIpc) is 2.63. The van der Waals surface area contributed by atoms with Crippen LogP contribution in [0.2, 0.25) is 0 Å². The van der Waals surface area contributed by atoms with Gasteiger partial charge in [-0.2, -0.15) is 5.82 Å². The molecule has 0 bridgehead atoms. The Hall–Kier alpha value is -0.435. The summed E-state index contributed by atoms with van der Waals surface area (Å²) in [6, 6.07) is -0.0192. The van der Waals surface area contributed by atoms with Gasteiger partial charge >= 0.3 is 8.25 Å². The molecule has 1 aliphatic heterocycles. The van der Waals surface area contributed by atoms with Crippen molar-refractivity contribution >= 4 is 15.5 Å². The van der Waals surface area contributed by atoms with E-state index in [1.54, 1.807) is 7.28 Å². The fraction of sp³-hybridized carbons (Fsp3) is 0.750. The SMILES string of the molecule is NCC#C[B][C@H]1CC[C@@H](CO[P+](=O)O)O1. The Morgan fingerprint density at radius 1 is 1.67 bits per heavy atom. The second-order valence-electron chi connectivity index (χ2n) is 3.10. The van der Waals surface area contributed by atoms with Gasteiger partial charge in [0.25, 0.3) is 7.28 Å². The molecule has 1 aliphatic rings. The molecule has 1 unspecified atom stereocenters. The van der Waals surface area contributed by atoms with E-state index >= 15 is 0 Å². The number of rotatable bonds is 4. The first-order valence-corrected chi connectivity index (χ1v) is 5.81. The molecule has 0 amide bonds. The minimum absolute atomic E-state index is 0.0192. The van der Waals surface area contributed by atoms with Crippen LogP contribution in [0.1, 0.15) is 12.8 Å². The molecule has 15 heavy (non-hydrogen) atoms. The van der Waals surface area contributed by atoms with Crippen LogP contribution in [-0.4, -0.2) is 37.4 Å². The highest BCUT2D eigenvalue weighted by Crippen LogP contribution is 2.23. The Bertz CT molecular complexity index is 278. The molecule has 0 aromatic heterocycles. The van der Waals surface area contributed by atoms with Crippen LogP contribution in [0.5, 0.6) is 0 Å². The van der Waals surface area contributed by atoms with Crippen molar-refractivity contribution in [2.24, 2.45) is 5.73 Å². The van der Waals surface area contributed by atoms with Gasteiger partial charge in [-0.15, -0.1) is 15.3 Å². The minimum Gasteiger partial charge on any atom is -0.380 e. The summed E-state index contributed by atoms with van der Waals surface area (Å²) in [6.07, 6.45) is 1.56. The van der Waals surface area contributed by atoms with Gasteiger partial charge in [0.05, 0.1) is 12.6 Å². The maximum absolute atomic E-state index is 10.3. The number of hydrogen-bond acceptors (Lipinski definition) is 4. The first kappa shape index (κ1) is 12.6. The summed E-state index contributed by atoms with van der Waals surface area (Å²) in [6.45, 7) is 0.487. The third-order valence-corrected chi connectivity index (χ3v) is 2.35. The lowest BCUT2D eigenvalue weighted by atomic mass is 9.71. The van der Waals surface area contributed by atoms with E-state index in [1.807, 2.05) is 0 Å². The second kappa shape index (κ2) is 6.94. The van der Waals surface area contributed by atoms with Crippen molar-refractivity contribution in [1.29, 1.82) is 0 Å². The van der Waals surface area contributed by atoms with Crippen LogP contribution < -0.4 is 5.73 Å². The molecule has 1 fully saturated rings. The van der Waals surface area contributed by atoms with Crippen molar-refractivity contribution in [3.05, 3.63) is 0 Å². The van der Waals surface area contributed by atoms with E-state index in [-0.39, 0.29) is 18.7 Å². The topological polar surface area (TPSA) is 81.8 Å². The monoisotopic (exact) mass is 229 g/mol. The van der Waals surface area contributed by atoms with Gasteiger partial charge < -0.3 is 10.5 Å². The molecular formula is C8H13BNO4P+. The van der Waals surface area contributed by atoms with Crippen molar-refractivity contribution < 1.29 is 18.7 Å². The second-order valence-corrected chi connectivity index (χ2v) is 3.83. The van der Waals surface area contributed by atoms with E-state index < -0.39 is 8.25 Å². The van der Waals surface area contributed by atoms with Crippen LogP contribution in [0.15, 0.2) is 0 Å². The van der Waals surface area contributed by atoms with Gasteiger partial charge in [-0.3, -0.25) is 0 Å². The first-order chi connectivity index (χ1) is 7.22. The minimum atomic E-state index is -2.53. The van der Waals surface area contributed by atoms with Gasteiger partial charge in [-0.05, 0) is 12.8 Å². The summed E-state index contributed by atoms with van der Waals surface area (Å²) < 4.78 is 20.3. The lowest BCUT2D eigenvalue weighted by Crippen LogP contribution is -2.19. The van der Waals surface area contributed by atoms with E-state index in [9.17, 15) is 4.57 Å². The lowest BCUT2D eigenvalue weighted by molar-refractivity contribution is 0.0492. The van der Waals surface area contributed by atoms with Crippen molar-refractivity contribution in [2.45, 2.75) is 24.9 Å². The highest BCUT2D eigenvalue weighted by molar-refractivity contribution is 7.32. The Labute approximate surface area is 90.5 Å². The van der Waals surface area contributed by atoms with Gasteiger partial charge in [-0.1, -0.05) is 0 Å². The summed E-state index contributed by atoms with van der Waals surface area (Å²) in [4.78, 5) is 8.44. The molecule has 81 valence electrons. The molecule has 5 nitrogen and oxygen atoms in total. The Morgan fingerprint density at radius 3 is 3.13 bits per heavy atom. The molecule has 0 aliphatic carbocycles. The molecule has 3 N–H and O–H groups in total. The number of hydrogen-bond donors (Lipinski definition) is 2. The van der Waals surface area contributed by atoms with Crippen molar-refractivity contribution in [2.75, 3.05) is 13.2 Å². The quantitative estimate of drug-likeness (QED) is 0.395. The van der Waals surface area contributed by atoms with E-state index in [1.165, 1.54) is 0 Å². The fourth-order valence-corrected chi connectivity index (χ4v) is 1.63. The van der Waals surface area contributed by atoms with E-state index in [4.69, 9.17) is 15.4 Å². The average molecular weight is 229 g/mol. The van der Waals surface area contributed by atoms with E-state index in [0.29, 0.717) is 6.54 Å². The first-order valence-electron chi connectivity index (χ1n) is 4.68. The van der Waals surface area contributed by atoms with E-state index in [2.05, 4.69) is 16.3 Å². The standard InChI is InChI=1S/C8H12BNO4P/c10-5-1-4-9-8-3-2-7(14-8)6-13-15(11)12/h7-8H,2-3,5-6,10H2/p+1/t7-,8+/m0/s1. The Balaban J connectivity index is 2.17. The molecule has 1 heterocycles. The molecule has 0 aromatic rings. The molecule has 1 rings (SSSR count). The van der Waals surface area contributed by atoms with Crippen molar-refractivity contribution in [3.63, 3.8) is 0 Å². The molecule has 7 heteroatoms. The summed E-state index contributed by atoms with van der Waals surface area (Å²) in [5.74, 6) is 5.50. The summed E-state index contributed by atoms with van der Waals surface area (Å²) in [7, 11) is -0.773. The van der Waals surface area contributed by atoms with Crippen molar-refractivity contribution in [3.8, 4) is 11.7 Å². The molecule has 0 aromatic carbocycles. The van der Waals surface area contributed by atoms with Crippen LogP contribution in [-0.2, 0) is 13.8 Å². The smallest absolute Gasteiger partial charge is 0.380 e. The lowest BCUT2D eigenvalue weighted by Gasteiger charge is -2.07. The number of nitrogens with two attached hydrogens (primary N) is 1. The zero-order chi connectivity index (χ0) is 11.1. The maximum Gasteiger partial charge on any atom is 0.694 e. The largest absolute Gasteiger partial charge is 0.694 e. The van der Waals surface area contributed by atoms with Gasteiger partial charge in [0.2, 0.25) is 0 Å². The fourth-order valence-electron chi connectivity index (χ4n) is 1.34. The van der Waals surface area contributed by atoms with Crippen LogP contribution in [0.4, 0.5) is 0 Å². The predicted molar refractivity (Wildman–Crippen MR) is 56.3 cm³/mol. The third-order valence-electron chi connectivity index (χ3n) is 1.98. The van der Waals surface area contributed by atoms with Gasteiger partial charge in [0, 0.05) is 10.6 Å². The van der Waals surface area contributed by atoms with Crippen LogP contribution in [0.25, 0.3) is 0 Å². The molecule has 3 atom stereocenters. The van der Waals surface area contributed by atoms with Crippen LogP contribution >= 0.6 is 8.25 Å². The zero-order valence-electron chi connectivity index (χ0n) is 8.26. The van der Waals surface area contributed by atoms with Crippen LogP contribution in [0.3, 0.4) is 0 Å². The summed E-state index contributed by atoms with van der Waals surface area (Å²) >= 11 is 0. The Morgan fingerprint density at radius 2 is 2.47 bits per heavy atom. The third kappa shape index (κ3) is 5.26. The van der Waals surface area contributed by atoms with E-state index in [0.717, 1.165) is 12.8 Å². The number of ether oxygens (including phenoxy) is 1. The maximum atomic E-state index is 10.3.